The largest absolute Gasteiger partial charge is 0.371 e. The molecule has 194 valence electrons. The third kappa shape index (κ3) is 4.48. The molecular formula is C24H23ClFN5O5S. The number of hydrogen-bond donors (Lipinski definition) is 1. The molecule has 3 aliphatic rings. The molecular weight excluding hydrogens is 525 g/mol. The summed E-state index contributed by atoms with van der Waals surface area (Å²) >= 11 is 5.98. The lowest BCUT2D eigenvalue weighted by molar-refractivity contribution is -0.119. The molecule has 1 aromatic heterocycles. The van der Waals surface area contributed by atoms with Gasteiger partial charge in [-0.15, -0.1) is 0 Å². The second-order valence-electron chi connectivity index (χ2n) is 9.59. The number of aromatic nitrogens is 2. The van der Waals surface area contributed by atoms with Gasteiger partial charge in [-0.25, -0.2) is 12.8 Å². The molecule has 0 radical (unpaired) electrons. The van der Waals surface area contributed by atoms with Crippen LogP contribution in [0.2, 0.25) is 5.02 Å². The summed E-state index contributed by atoms with van der Waals surface area (Å²) < 4.78 is 52.7. The van der Waals surface area contributed by atoms with Crippen LogP contribution < -0.4 is 15.5 Å². The van der Waals surface area contributed by atoms with Crippen molar-refractivity contribution in [3.05, 3.63) is 52.8 Å². The van der Waals surface area contributed by atoms with Gasteiger partial charge in [0.15, 0.2) is 9.84 Å². The fourth-order valence-corrected chi connectivity index (χ4v) is 6.42. The van der Waals surface area contributed by atoms with Gasteiger partial charge in [0, 0.05) is 11.6 Å². The first-order valence-electron chi connectivity index (χ1n) is 11.7. The third-order valence-corrected chi connectivity index (χ3v) is 8.94. The number of anilines is 2. The average molecular weight is 548 g/mol. The Hall–Kier alpha value is -3.06. The first-order valence-corrected chi connectivity index (χ1v) is 13.8. The van der Waals surface area contributed by atoms with E-state index in [0.29, 0.717) is 30.3 Å². The summed E-state index contributed by atoms with van der Waals surface area (Å²) in [5, 5.41) is 4.46. The van der Waals surface area contributed by atoms with Crippen molar-refractivity contribution in [3.8, 4) is 11.4 Å². The van der Waals surface area contributed by atoms with E-state index in [1.165, 1.54) is 11.0 Å². The number of benzene rings is 2. The highest BCUT2D eigenvalue weighted by atomic mass is 35.5. The summed E-state index contributed by atoms with van der Waals surface area (Å²) in [7, 11) is -4.07. The van der Waals surface area contributed by atoms with Crippen molar-refractivity contribution in [1.29, 1.82) is 0 Å². The van der Waals surface area contributed by atoms with Crippen molar-refractivity contribution in [2.45, 2.75) is 35.9 Å². The van der Waals surface area contributed by atoms with E-state index >= 15 is 4.39 Å². The molecule has 1 aliphatic carbocycles. The Kier molecular flexibility index (Phi) is 5.75. The van der Waals surface area contributed by atoms with Gasteiger partial charge < -0.3 is 24.8 Å². The van der Waals surface area contributed by atoms with Gasteiger partial charge in [-0.1, -0.05) is 28.9 Å². The Morgan fingerprint density at radius 2 is 1.97 bits per heavy atom. The molecule has 10 nitrogen and oxygen atoms in total. The number of ether oxygens (including phenoxy) is 1. The first-order chi connectivity index (χ1) is 17.6. The number of carbonyl (C=O) groups is 1. The number of nitrogens with zero attached hydrogens (tertiary/aromatic N) is 4. The molecule has 1 spiro atoms. The van der Waals surface area contributed by atoms with Gasteiger partial charge in [-0.05, 0) is 42.7 Å². The van der Waals surface area contributed by atoms with Gasteiger partial charge in [-0.2, -0.15) is 4.98 Å². The van der Waals surface area contributed by atoms with E-state index in [0.717, 1.165) is 18.9 Å². The molecule has 3 heterocycles. The van der Waals surface area contributed by atoms with Crippen molar-refractivity contribution in [2.24, 2.45) is 5.73 Å². The third-order valence-electron chi connectivity index (χ3n) is 6.89. The highest BCUT2D eigenvalue weighted by Crippen LogP contribution is 2.43. The van der Waals surface area contributed by atoms with Crippen molar-refractivity contribution >= 4 is 39.0 Å². The zero-order valence-electron chi connectivity index (χ0n) is 19.6. The number of morpholine rings is 1. The second-order valence-corrected chi connectivity index (χ2v) is 12.0. The number of fused-ring (bicyclic) bond motifs is 1. The van der Waals surface area contributed by atoms with Crippen LogP contribution in [0.3, 0.4) is 0 Å². The lowest BCUT2D eigenvalue weighted by atomic mass is 10.1. The standard InChI is InChI=1S/C24H23ClFN5O5S/c25-15-3-1-14(2-4-15)11-31-19-9-16(17(26)10-20(19)37(33,34)12-18(27)22(31)32)21-28-23(36-29-21)30-7-8-35-24(13-30)5-6-24/h1-4,9-10,18H,5-8,11-13,27H2/t18-/m0/s1. The fraction of sp³-hybridized carbons (Fsp3) is 0.375. The molecule has 1 saturated heterocycles. The molecule has 1 saturated carbocycles. The highest BCUT2D eigenvalue weighted by molar-refractivity contribution is 7.91. The van der Waals surface area contributed by atoms with Crippen LogP contribution in [-0.4, -0.2) is 61.6 Å². The van der Waals surface area contributed by atoms with Crippen LogP contribution in [0.25, 0.3) is 11.4 Å². The Labute approximate surface area is 217 Å². The minimum absolute atomic E-state index is 0.000967. The highest BCUT2D eigenvalue weighted by Gasteiger charge is 2.48. The molecule has 0 bridgehead atoms. The van der Waals surface area contributed by atoms with Crippen LogP contribution in [0.4, 0.5) is 16.1 Å². The molecule has 2 aromatic carbocycles. The zero-order valence-corrected chi connectivity index (χ0v) is 21.1. The van der Waals surface area contributed by atoms with Crippen LogP contribution in [0.1, 0.15) is 18.4 Å². The van der Waals surface area contributed by atoms with Gasteiger partial charge in [0.05, 0.1) is 53.2 Å². The van der Waals surface area contributed by atoms with Crippen LogP contribution in [0.15, 0.2) is 45.8 Å². The number of hydrogen-bond acceptors (Lipinski definition) is 9. The molecule has 2 aliphatic heterocycles. The minimum atomic E-state index is -4.07. The van der Waals surface area contributed by atoms with Crippen LogP contribution >= 0.6 is 11.6 Å². The number of sulfone groups is 1. The summed E-state index contributed by atoms with van der Waals surface area (Å²) in [6, 6.07) is 7.81. The Morgan fingerprint density at radius 3 is 2.70 bits per heavy atom. The molecule has 6 rings (SSSR count). The summed E-state index contributed by atoms with van der Waals surface area (Å²) in [5.41, 5.74) is 6.37. The minimum Gasteiger partial charge on any atom is -0.371 e. The van der Waals surface area contributed by atoms with E-state index in [1.807, 2.05) is 4.90 Å². The summed E-state index contributed by atoms with van der Waals surface area (Å²) in [5.74, 6) is -2.16. The SMILES string of the molecule is N[C@H]1CS(=O)(=O)c2cc(F)c(-c3noc(N4CCOC5(CC5)C4)n3)cc2N(Cc2ccc(Cl)cc2)C1=O. The van der Waals surface area contributed by atoms with Gasteiger partial charge >= 0.3 is 6.01 Å². The Morgan fingerprint density at radius 1 is 1.22 bits per heavy atom. The van der Waals surface area contributed by atoms with E-state index in [2.05, 4.69) is 10.1 Å². The quantitative estimate of drug-likeness (QED) is 0.523. The van der Waals surface area contributed by atoms with E-state index in [4.69, 9.17) is 26.6 Å². The fourth-order valence-electron chi connectivity index (χ4n) is 4.73. The average Bonchev–Trinajstić information content (AvgIpc) is 3.43. The molecule has 0 unspecified atom stereocenters. The maximum absolute atomic E-state index is 15.3. The van der Waals surface area contributed by atoms with Crippen molar-refractivity contribution in [2.75, 3.05) is 35.2 Å². The molecule has 37 heavy (non-hydrogen) atoms. The van der Waals surface area contributed by atoms with Gasteiger partial charge in [0.25, 0.3) is 0 Å². The van der Waals surface area contributed by atoms with Crippen molar-refractivity contribution in [1.82, 2.24) is 10.1 Å². The number of amides is 1. The smallest absolute Gasteiger partial charge is 0.324 e. The maximum Gasteiger partial charge on any atom is 0.324 e. The molecule has 1 atom stereocenters. The van der Waals surface area contributed by atoms with E-state index < -0.39 is 33.4 Å². The predicted molar refractivity (Wildman–Crippen MR) is 132 cm³/mol. The Bertz CT molecular complexity index is 1490. The molecule has 2 N–H and O–H groups in total. The van der Waals surface area contributed by atoms with Crippen LogP contribution in [0.5, 0.6) is 0 Å². The first kappa shape index (κ1) is 24.3. The van der Waals surface area contributed by atoms with Crippen molar-refractivity contribution in [3.63, 3.8) is 0 Å². The van der Waals surface area contributed by atoms with Crippen LogP contribution in [-0.2, 0) is 25.9 Å². The molecule has 2 fully saturated rings. The maximum atomic E-state index is 15.3. The zero-order chi connectivity index (χ0) is 25.9. The van der Waals surface area contributed by atoms with E-state index in [-0.39, 0.29) is 40.1 Å². The normalized spacial score (nSPS) is 22.1. The van der Waals surface area contributed by atoms with Gasteiger partial charge in [0.1, 0.15) is 5.82 Å². The number of rotatable bonds is 4. The topological polar surface area (TPSA) is 132 Å². The summed E-state index contributed by atoms with van der Waals surface area (Å²) in [6.07, 6.45) is 1.91. The Balaban J connectivity index is 1.41. The monoisotopic (exact) mass is 547 g/mol. The van der Waals surface area contributed by atoms with E-state index in [1.54, 1.807) is 24.3 Å². The second kappa shape index (κ2) is 8.76. The number of halogens is 2. The van der Waals surface area contributed by atoms with Crippen LogP contribution in [0, 0.1) is 5.82 Å². The molecule has 13 heteroatoms. The van der Waals surface area contributed by atoms with E-state index in [9.17, 15) is 13.2 Å². The lowest BCUT2D eigenvalue weighted by Crippen LogP contribution is -2.45. The number of carbonyl (C=O) groups excluding carboxylic acids is 1. The van der Waals surface area contributed by atoms with Gasteiger partial charge in [-0.3, -0.25) is 4.79 Å². The predicted octanol–water partition coefficient (Wildman–Crippen LogP) is 2.55. The molecule has 1 amide bonds. The lowest BCUT2D eigenvalue weighted by Gasteiger charge is -2.31. The number of nitrogens with two attached hydrogens (primary N) is 1. The summed E-state index contributed by atoms with van der Waals surface area (Å²) in [4.78, 5) is 20.4. The van der Waals surface area contributed by atoms with Gasteiger partial charge in [0.2, 0.25) is 11.7 Å². The van der Waals surface area contributed by atoms with Crippen molar-refractivity contribution < 1.29 is 26.9 Å². The molecule has 3 aromatic rings. The summed E-state index contributed by atoms with van der Waals surface area (Å²) in [6.45, 7) is 1.67.